The molecule has 0 bridgehead atoms. The predicted octanol–water partition coefficient (Wildman–Crippen LogP) is 7.30. The van der Waals surface area contributed by atoms with Gasteiger partial charge in [-0.3, -0.25) is 4.79 Å². The second-order valence-electron chi connectivity index (χ2n) is 14.2. The second kappa shape index (κ2) is 15.0. The number of hydrogen-bond donors (Lipinski definition) is 1. The van der Waals surface area contributed by atoms with E-state index in [0.717, 1.165) is 80.5 Å². The smallest absolute Gasteiger partial charge is 0.306 e. The number of esters is 1. The molecule has 2 saturated carbocycles. The summed E-state index contributed by atoms with van der Waals surface area (Å²) in [5.41, 5.74) is 3.21. The van der Waals surface area contributed by atoms with Crippen molar-refractivity contribution in [2.24, 2.45) is 5.92 Å². The highest BCUT2D eigenvalue weighted by molar-refractivity contribution is 6.76. The molecule has 2 fully saturated rings. The second-order valence-corrected chi connectivity index (χ2v) is 19.8. The third kappa shape index (κ3) is 9.78. The van der Waals surface area contributed by atoms with Gasteiger partial charge >= 0.3 is 5.97 Å². The van der Waals surface area contributed by atoms with Gasteiger partial charge in [0.2, 0.25) is 5.95 Å². The fourth-order valence-corrected chi connectivity index (χ4v) is 6.64. The normalized spacial score (nSPS) is 19.8. The summed E-state index contributed by atoms with van der Waals surface area (Å²) in [5, 5.41) is 8.54. The standard InChI is InChI=1S/C33H55N5O4Si/c1-23(2)21-37(27-12-14-28(40-4)15-13-27)30-16-11-26(24(3)19-31(39)41-5)20-29(30)34-33-35-32(25-9-10-25)38(36-33)22-42-17-18-43(6,7)8/h11,16,20,23-25,27-28H,9-10,12-15,17-19,21-22H2,1-8H3,(H,34,36)/t24?,27-,28+. The molecule has 1 unspecified atom stereocenters. The van der Waals surface area contributed by atoms with Crippen LogP contribution in [-0.4, -0.2) is 68.3 Å². The van der Waals surface area contributed by atoms with Gasteiger partial charge in [-0.1, -0.05) is 46.5 Å². The number of carbonyl (C=O) groups excluding carboxylic acids is 1. The number of benzene rings is 1. The van der Waals surface area contributed by atoms with Crippen molar-refractivity contribution >= 4 is 31.4 Å². The molecule has 4 rings (SSSR count). The molecular weight excluding hydrogens is 558 g/mol. The lowest BCUT2D eigenvalue weighted by molar-refractivity contribution is -0.140. The van der Waals surface area contributed by atoms with Gasteiger partial charge in [-0.05, 0) is 74.1 Å². The van der Waals surface area contributed by atoms with E-state index in [1.165, 1.54) is 7.11 Å². The van der Waals surface area contributed by atoms with Crippen molar-refractivity contribution in [3.63, 3.8) is 0 Å². The van der Waals surface area contributed by atoms with Crippen LogP contribution in [0.5, 0.6) is 0 Å². The molecule has 2 aromatic rings. The molecule has 1 aromatic carbocycles. The fraction of sp³-hybridized carbons (Fsp3) is 0.727. The molecule has 1 atom stereocenters. The lowest BCUT2D eigenvalue weighted by Gasteiger charge is -2.40. The Kier molecular flexibility index (Phi) is 11.7. The number of nitrogens with zero attached hydrogens (tertiary/aromatic N) is 4. The molecule has 2 aliphatic carbocycles. The van der Waals surface area contributed by atoms with Crippen molar-refractivity contribution in [1.82, 2.24) is 14.8 Å². The molecule has 0 aliphatic heterocycles. The summed E-state index contributed by atoms with van der Waals surface area (Å²) in [6.07, 6.45) is 7.30. The number of hydrogen-bond acceptors (Lipinski definition) is 8. The van der Waals surface area contributed by atoms with Crippen LogP contribution in [0.3, 0.4) is 0 Å². The fourth-order valence-electron chi connectivity index (χ4n) is 5.89. The molecule has 0 saturated heterocycles. The van der Waals surface area contributed by atoms with Crippen LogP contribution in [0.4, 0.5) is 17.3 Å². The Labute approximate surface area is 260 Å². The van der Waals surface area contributed by atoms with Crippen molar-refractivity contribution in [1.29, 1.82) is 0 Å². The number of methoxy groups -OCH3 is 2. The SMILES string of the molecule is COC(=O)CC(C)c1ccc(N(CC(C)C)[C@H]2CC[C@@H](OC)CC2)c(Nc2nc(C3CC3)n(COCC[Si](C)(C)C)n2)c1. The van der Waals surface area contributed by atoms with Crippen LogP contribution in [-0.2, 0) is 25.7 Å². The summed E-state index contributed by atoms with van der Waals surface area (Å²) in [6, 6.07) is 8.12. The van der Waals surface area contributed by atoms with E-state index in [9.17, 15) is 4.79 Å². The van der Waals surface area contributed by atoms with Crippen LogP contribution in [0.1, 0.15) is 88.9 Å². The van der Waals surface area contributed by atoms with Crippen molar-refractivity contribution in [3.05, 3.63) is 29.6 Å². The first-order valence-electron chi connectivity index (χ1n) is 16.3. The van der Waals surface area contributed by atoms with E-state index < -0.39 is 8.07 Å². The van der Waals surface area contributed by atoms with Crippen LogP contribution in [0.15, 0.2) is 18.2 Å². The molecule has 1 aromatic heterocycles. The molecule has 2 aliphatic rings. The number of anilines is 3. The van der Waals surface area contributed by atoms with E-state index in [4.69, 9.17) is 24.3 Å². The van der Waals surface area contributed by atoms with E-state index in [0.29, 0.717) is 43.1 Å². The summed E-state index contributed by atoms with van der Waals surface area (Å²) in [7, 11) is 2.11. The number of carbonyl (C=O) groups is 1. The zero-order valence-corrected chi connectivity index (χ0v) is 28.8. The van der Waals surface area contributed by atoms with Gasteiger partial charge in [0.1, 0.15) is 12.6 Å². The molecule has 1 heterocycles. The van der Waals surface area contributed by atoms with Crippen LogP contribution < -0.4 is 10.2 Å². The summed E-state index contributed by atoms with van der Waals surface area (Å²) >= 11 is 0. The topological polar surface area (TPSA) is 90.7 Å². The lowest BCUT2D eigenvalue weighted by atomic mass is 9.90. The van der Waals surface area contributed by atoms with Crippen molar-refractivity contribution in [2.45, 2.75) is 122 Å². The molecule has 240 valence electrons. The van der Waals surface area contributed by atoms with Crippen molar-refractivity contribution in [3.8, 4) is 0 Å². The summed E-state index contributed by atoms with van der Waals surface area (Å²) in [5.74, 6) is 2.36. The summed E-state index contributed by atoms with van der Waals surface area (Å²) in [6.45, 7) is 15.9. The summed E-state index contributed by atoms with van der Waals surface area (Å²) in [4.78, 5) is 19.7. The monoisotopic (exact) mass is 613 g/mol. The maximum absolute atomic E-state index is 12.1. The van der Waals surface area contributed by atoms with Gasteiger partial charge in [-0.25, -0.2) is 4.68 Å². The van der Waals surface area contributed by atoms with E-state index in [1.807, 2.05) is 11.8 Å². The molecular formula is C33H55N5O4Si. The Hall–Kier alpha value is -2.43. The molecule has 0 amide bonds. The molecule has 9 nitrogen and oxygen atoms in total. The van der Waals surface area contributed by atoms with E-state index >= 15 is 0 Å². The first-order valence-corrected chi connectivity index (χ1v) is 20.0. The average Bonchev–Trinajstić information content (AvgIpc) is 3.74. The molecule has 0 radical (unpaired) electrons. The van der Waals surface area contributed by atoms with Crippen LogP contribution in [0, 0.1) is 5.92 Å². The van der Waals surface area contributed by atoms with Gasteiger partial charge in [0.15, 0.2) is 0 Å². The number of rotatable bonds is 16. The maximum atomic E-state index is 12.1. The Morgan fingerprint density at radius 3 is 2.42 bits per heavy atom. The molecule has 43 heavy (non-hydrogen) atoms. The number of nitrogens with one attached hydrogen (secondary N) is 1. The number of ether oxygens (including phenoxy) is 3. The maximum Gasteiger partial charge on any atom is 0.306 e. The first kappa shape index (κ1) is 33.5. The molecule has 1 N–H and O–H groups in total. The van der Waals surface area contributed by atoms with Crippen LogP contribution in [0.25, 0.3) is 0 Å². The zero-order valence-electron chi connectivity index (χ0n) is 27.8. The largest absolute Gasteiger partial charge is 0.469 e. The van der Waals surface area contributed by atoms with Gasteiger partial charge in [-0.15, -0.1) is 5.10 Å². The van der Waals surface area contributed by atoms with Crippen molar-refractivity contribution in [2.75, 3.05) is 37.6 Å². The van der Waals surface area contributed by atoms with Gasteiger partial charge in [0.05, 0.1) is 31.0 Å². The van der Waals surface area contributed by atoms with Gasteiger partial charge in [0, 0.05) is 40.3 Å². The van der Waals surface area contributed by atoms with Gasteiger partial charge < -0.3 is 24.4 Å². The summed E-state index contributed by atoms with van der Waals surface area (Å²) < 4.78 is 18.7. The van der Waals surface area contributed by atoms with E-state index in [1.54, 1.807) is 0 Å². The lowest BCUT2D eigenvalue weighted by Crippen LogP contribution is -2.41. The highest BCUT2D eigenvalue weighted by Gasteiger charge is 2.31. The zero-order chi connectivity index (χ0) is 31.1. The minimum Gasteiger partial charge on any atom is -0.469 e. The van der Waals surface area contributed by atoms with Gasteiger partial charge in [-0.2, -0.15) is 4.98 Å². The van der Waals surface area contributed by atoms with E-state index in [-0.39, 0.29) is 11.9 Å². The minimum absolute atomic E-state index is 0.0186. The van der Waals surface area contributed by atoms with Crippen molar-refractivity contribution < 1.29 is 19.0 Å². The Bertz CT molecular complexity index is 1180. The third-order valence-electron chi connectivity index (χ3n) is 8.68. The van der Waals surface area contributed by atoms with E-state index in [2.05, 4.69) is 68.8 Å². The predicted molar refractivity (Wildman–Crippen MR) is 176 cm³/mol. The average molecular weight is 614 g/mol. The van der Waals surface area contributed by atoms with Crippen LogP contribution in [0.2, 0.25) is 25.7 Å². The Morgan fingerprint density at radius 1 is 1.09 bits per heavy atom. The van der Waals surface area contributed by atoms with Gasteiger partial charge in [0.25, 0.3) is 0 Å². The minimum atomic E-state index is -1.16. The highest BCUT2D eigenvalue weighted by atomic mass is 28.3. The Morgan fingerprint density at radius 2 is 1.81 bits per heavy atom. The molecule has 10 heteroatoms. The quantitative estimate of drug-likeness (QED) is 0.120. The molecule has 0 spiro atoms. The Balaban J connectivity index is 1.64. The highest BCUT2D eigenvalue weighted by Crippen LogP contribution is 2.41. The van der Waals surface area contributed by atoms with Crippen LogP contribution >= 0.6 is 0 Å². The third-order valence-corrected chi connectivity index (χ3v) is 10.4. The first-order chi connectivity index (χ1) is 20.5. The number of aromatic nitrogens is 3.